The molecule has 0 aliphatic heterocycles. The number of carbonyl (C=O) groups excluding carboxylic acids is 3. The van der Waals surface area contributed by atoms with E-state index in [1.165, 1.54) is 38.6 Å². The van der Waals surface area contributed by atoms with Gasteiger partial charge < -0.3 is 10.2 Å². The van der Waals surface area contributed by atoms with Crippen LogP contribution in [0.1, 0.15) is 17.3 Å². The van der Waals surface area contributed by atoms with Crippen molar-refractivity contribution in [1.82, 2.24) is 15.7 Å². The van der Waals surface area contributed by atoms with Crippen LogP contribution in [0.4, 0.5) is 4.39 Å². The highest BCUT2D eigenvalue weighted by atomic mass is 19.1. The van der Waals surface area contributed by atoms with Crippen molar-refractivity contribution in [2.24, 2.45) is 0 Å². The fourth-order valence-electron chi connectivity index (χ4n) is 2.60. The Kier molecular flexibility index (Phi) is 5.91. The molecule has 0 aliphatic rings. The highest BCUT2D eigenvalue weighted by Gasteiger charge is 2.47. The van der Waals surface area contributed by atoms with Crippen LogP contribution in [0.5, 0.6) is 0 Å². The van der Waals surface area contributed by atoms with Crippen molar-refractivity contribution in [3.05, 3.63) is 59.9 Å². The Morgan fingerprint density at radius 3 is 1.89 bits per heavy atom. The van der Waals surface area contributed by atoms with Crippen molar-refractivity contribution in [2.75, 3.05) is 14.1 Å². The summed E-state index contributed by atoms with van der Waals surface area (Å²) in [6.07, 6.45) is 0. The Morgan fingerprint density at radius 1 is 0.963 bits per heavy atom. The third-order valence-corrected chi connectivity index (χ3v) is 4.50. The highest BCUT2D eigenvalue weighted by molar-refractivity contribution is 6.12. The van der Waals surface area contributed by atoms with Gasteiger partial charge in [-0.1, -0.05) is 24.3 Å². The van der Waals surface area contributed by atoms with Crippen LogP contribution in [0.15, 0.2) is 48.5 Å². The van der Waals surface area contributed by atoms with E-state index >= 15 is 0 Å². The zero-order valence-electron chi connectivity index (χ0n) is 15.1. The lowest BCUT2D eigenvalue weighted by molar-refractivity contribution is -0.148. The second kappa shape index (κ2) is 7.96. The van der Waals surface area contributed by atoms with Gasteiger partial charge in [-0.2, -0.15) is 0 Å². The standard InChI is InChI=1S/C19H20FN3O4/c1-19(17(25)21-2,18(26)22-27)23(3)16(24)14-6-4-12(5-7-14)13-8-10-15(20)11-9-13/h4-11,27H,1-3H3,(H,21,25)(H,22,26)/t19-/m0/s1. The second-order valence-corrected chi connectivity index (χ2v) is 6.04. The van der Waals surface area contributed by atoms with Crippen molar-refractivity contribution >= 4 is 17.7 Å². The number of nitrogens with one attached hydrogen (secondary N) is 2. The number of hydroxylamine groups is 1. The van der Waals surface area contributed by atoms with Crippen molar-refractivity contribution in [3.63, 3.8) is 0 Å². The average Bonchev–Trinajstić information content (AvgIpc) is 2.71. The number of nitrogens with zero attached hydrogens (tertiary/aromatic N) is 1. The van der Waals surface area contributed by atoms with Crippen LogP contribution in [0.2, 0.25) is 0 Å². The van der Waals surface area contributed by atoms with E-state index in [1.807, 2.05) is 0 Å². The molecule has 0 saturated carbocycles. The highest BCUT2D eigenvalue weighted by Crippen LogP contribution is 2.22. The van der Waals surface area contributed by atoms with E-state index in [2.05, 4.69) is 5.32 Å². The number of hydrogen-bond acceptors (Lipinski definition) is 4. The molecular weight excluding hydrogens is 353 g/mol. The lowest BCUT2D eigenvalue weighted by atomic mass is 9.96. The molecule has 7 nitrogen and oxygen atoms in total. The summed E-state index contributed by atoms with van der Waals surface area (Å²) in [5.41, 5.74) is 1.26. The first-order valence-corrected chi connectivity index (χ1v) is 8.06. The third-order valence-electron chi connectivity index (χ3n) is 4.50. The van der Waals surface area contributed by atoms with Crippen molar-refractivity contribution < 1.29 is 24.0 Å². The van der Waals surface area contributed by atoms with Crippen molar-refractivity contribution in [1.29, 1.82) is 0 Å². The van der Waals surface area contributed by atoms with Gasteiger partial charge in [0.05, 0.1) is 0 Å². The summed E-state index contributed by atoms with van der Waals surface area (Å²) >= 11 is 0. The first-order valence-electron chi connectivity index (χ1n) is 8.06. The summed E-state index contributed by atoms with van der Waals surface area (Å²) in [5.74, 6) is -2.73. The van der Waals surface area contributed by atoms with E-state index < -0.39 is 23.3 Å². The minimum atomic E-state index is -1.95. The predicted molar refractivity (Wildman–Crippen MR) is 96.3 cm³/mol. The largest absolute Gasteiger partial charge is 0.357 e. The summed E-state index contributed by atoms with van der Waals surface area (Å²) in [4.78, 5) is 37.9. The summed E-state index contributed by atoms with van der Waals surface area (Å²) in [6, 6.07) is 12.3. The number of amides is 3. The van der Waals surface area contributed by atoms with Gasteiger partial charge in [0.1, 0.15) is 5.82 Å². The van der Waals surface area contributed by atoms with Crippen LogP contribution in [0.25, 0.3) is 11.1 Å². The number of hydrogen-bond donors (Lipinski definition) is 3. The normalized spacial score (nSPS) is 12.6. The van der Waals surface area contributed by atoms with Crippen LogP contribution >= 0.6 is 0 Å². The first-order chi connectivity index (χ1) is 12.7. The van der Waals surface area contributed by atoms with Crippen LogP contribution in [-0.2, 0) is 9.59 Å². The number of rotatable bonds is 5. The Balaban J connectivity index is 2.31. The molecule has 3 amide bonds. The molecule has 0 radical (unpaired) electrons. The number of carbonyl (C=O) groups is 3. The molecule has 142 valence electrons. The van der Waals surface area contributed by atoms with E-state index in [0.29, 0.717) is 0 Å². The summed E-state index contributed by atoms with van der Waals surface area (Å²) < 4.78 is 13.0. The molecule has 27 heavy (non-hydrogen) atoms. The van der Waals surface area contributed by atoms with Gasteiger partial charge in [0, 0.05) is 19.7 Å². The number of halogens is 1. The Bertz CT molecular complexity index is 834. The van der Waals surface area contributed by atoms with Crippen LogP contribution in [-0.4, -0.2) is 47.5 Å². The summed E-state index contributed by atoms with van der Waals surface area (Å²) in [6.45, 7) is 1.22. The van der Waals surface area contributed by atoms with Gasteiger partial charge in [-0.05, 0) is 42.3 Å². The average molecular weight is 373 g/mol. The van der Waals surface area contributed by atoms with Gasteiger partial charge in [-0.15, -0.1) is 0 Å². The van der Waals surface area contributed by atoms with E-state index in [0.717, 1.165) is 16.0 Å². The Morgan fingerprint density at radius 2 is 1.44 bits per heavy atom. The lowest BCUT2D eigenvalue weighted by Crippen LogP contribution is -2.64. The molecule has 0 spiro atoms. The zero-order valence-corrected chi connectivity index (χ0v) is 15.1. The fourth-order valence-corrected chi connectivity index (χ4v) is 2.60. The van der Waals surface area contributed by atoms with Gasteiger partial charge in [-0.3, -0.25) is 19.6 Å². The molecule has 0 fully saturated rings. The molecule has 3 N–H and O–H groups in total. The van der Waals surface area contributed by atoms with Crippen molar-refractivity contribution in [3.8, 4) is 11.1 Å². The summed E-state index contributed by atoms with van der Waals surface area (Å²) in [5, 5.41) is 11.3. The first kappa shape index (κ1) is 20.1. The predicted octanol–water partition coefficient (Wildman–Crippen LogP) is 1.57. The number of benzene rings is 2. The van der Waals surface area contributed by atoms with Crippen LogP contribution < -0.4 is 10.8 Å². The smallest absolute Gasteiger partial charge is 0.278 e. The van der Waals surface area contributed by atoms with Gasteiger partial charge in [0.15, 0.2) is 5.54 Å². The molecule has 2 rings (SSSR count). The molecule has 0 bridgehead atoms. The van der Waals surface area contributed by atoms with E-state index in [9.17, 15) is 18.8 Å². The van der Waals surface area contributed by atoms with E-state index in [-0.39, 0.29) is 11.4 Å². The van der Waals surface area contributed by atoms with Crippen LogP contribution in [0.3, 0.4) is 0 Å². The molecule has 8 heteroatoms. The zero-order chi connectivity index (χ0) is 20.2. The SMILES string of the molecule is CNC(=O)[C@@](C)(C(=O)NO)N(C)C(=O)c1ccc(-c2ccc(F)cc2)cc1. The quantitative estimate of drug-likeness (QED) is 0.421. The van der Waals surface area contributed by atoms with E-state index in [4.69, 9.17) is 5.21 Å². The molecule has 0 heterocycles. The number of likely N-dealkylation sites (N-methyl/N-ethyl adjacent to an activating group) is 2. The maximum absolute atomic E-state index is 13.0. The lowest BCUT2D eigenvalue weighted by Gasteiger charge is -2.34. The van der Waals surface area contributed by atoms with Gasteiger partial charge >= 0.3 is 0 Å². The molecule has 2 aromatic rings. The van der Waals surface area contributed by atoms with E-state index in [1.54, 1.807) is 36.4 Å². The van der Waals surface area contributed by atoms with Gasteiger partial charge in [0.2, 0.25) is 0 Å². The third kappa shape index (κ3) is 3.80. The van der Waals surface area contributed by atoms with Crippen LogP contribution in [0, 0.1) is 5.82 Å². The van der Waals surface area contributed by atoms with Crippen molar-refractivity contribution in [2.45, 2.75) is 12.5 Å². The molecule has 0 aliphatic carbocycles. The molecule has 2 aromatic carbocycles. The molecule has 0 aromatic heterocycles. The topological polar surface area (TPSA) is 98.7 Å². The molecule has 0 saturated heterocycles. The maximum atomic E-state index is 13.0. The van der Waals surface area contributed by atoms with Gasteiger partial charge in [0.25, 0.3) is 17.7 Å². The summed E-state index contributed by atoms with van der Waals surface area (Å²) in [7, 11) is 2.61. The molecule has 1 atom stereocenters. The Hall–Kier alpha value is -3.26. The monoisotopic (exact) mass is 373 g/mol. The second-order valence-electron chi connectivity index (χ2n) is 6.04. The maximum Gasteiger partial charge on any atom is 0.278 e. The minimum Gasteiger partial charge on any atom is -0.357 e. The molecule has 0 unspecified atom stereocenters. The fraction of sp³-hybridized carbons (Fsp3) is 0.211. The Labute approximate surface area is 155 Å². The molecular formula is C19H20FN3O4. The minimum absolute atomic E-state index is 0.240. The van der Waals surface area contributed by atoms with Gasteiger partial charge in [-0.25, -0.2) is 9.87 Å².